The summed E-state index contributed by atoms with van der Waals surface area (Å²) in [7, 11) is 0. The first-order valence-corrected chi connectivity index (χ1v) is 10.1. The fourth-order valence-corrected chi connectivity index (χ4v) is 5.76. The van der Waals surface area contributed by atoms with Crippen LogP contribution in [0.2, 0.25) is 0 Å². The van der Waals surface area contributed by atoms with Gasteiger partial charge in [-0.1, -0.05) is 6.07 Å². The summed E-state index contributed by atoms with van der Waals surface area (Å²) in [4.78, 5) is 9.79. The minimum absolute atomic E-state index is 0.306. The monoisotopic (exact) mass is 374 g/mol. The van der Waals surface area contributed by atoms with Gasteiger partial charge in [0.2, 0.25) is 6.79 Å². The van der Waals surface area contributed by atoms with E-state index in [1.807, 2.05) is 12.1 Å². The number of hydrogen-bond acceptors (Lipinski definition) is 6. The van der Waals surface area contributed by atoms with Crippen molar-refractivity contribution in [2.24, 2.45) is 5.92 Å². The number of nitrogens with zero attached hydrogens (tertiary/aromatic N) is 4. The van der Waals surface area contributed by atoms with Crippen LogP contribution in [0.5, 0.6) is 11.5 Å². The molecule has 0 amide bonds. The van der Waals surface area contributed by atoms with Gasteiger partial charge in [0.05, 0.1) is 11.6 Å². The highest BCUT2D eigenvalue weighted by Crippen LogP contribution is 2.48. The second-order valence-electron chi connectivity index (χ2n) is 8.24. The Morgan fingerprint density at radius 1 is 1.04 bits per heavy atom. The topological polar surface area (TPSA) is 61.6 Å². The molecule has 0 N–H and O–H groups in total. The van der Waals surface area contributed by atoms with Gasteiger partial charge in [-0.2, -0.15) is 5.26 Å². The van der Waals surface area contributed by atoms with E-state index in [9.17, 15) is 5.26 Å². The number of anilines is 1. The summed E-state index contributed by atoms with van der Waals surface area (Å²) in [6.07, 6.45) is 4.27. The predicted molar refractivity (Wildman–Crippen MR) is 103 cm³/mol. The van der Waals surface area contributed by atoms with Gasteiger partial charge < -0.3 is 14.4 Å². The van der Waals surface area contributed by atoms with E-state index in [4.69, 9.17) is 9.47 Å². The average molecular weight is 374 g/mol. The van der Waals surface area contributed by atoms with Crippen molar-refractivity contribution in [2.75, 3.05) is 31.3 Å². The summed E-state index contributed by atoms with van der Waals surface area (Å²) in [6, 6.07) is 13.3. The molecular formula is C22H22N4O2. The van der Waals surface area contributed by atoms with Crippen molar-refractivity contribution in [3.8, 4) is 17.6 Å². The molecule has 0 radical (unpaired) electrons. The second kappa shape index (κ2) is 6.11. The van der Waals surface area contributed by atoms with Crippen LogP contribution in [0.4, 0.5) is 5.82 Å². The van der Waals surface area contributed by atoms with E-state index in [0.29, 0.717) is 36.3 Å². The molecule has 5 aliphatic heterocycles. The van der Waals surface area contributed by atoms with E-state index in [1.165, 1.54) is 31.5 Å². The number of hydrogen-bond donors (Lipinski definition) is 0. The lowest BCUT2D eigenvalue weighted by Crippen LogP contribution is -2.60. The third-order valence-corrected chi connectivity index (χ3v) is 6.99. The van der Waals surface area contributed by atoms with Gasteiger partial charge in [-0.3, -0.25) is 4.90 Å². The van der Waals surface area contributed by atoms with Crippen LogP contribution in [0.3, 0.4) is 0 Å². The molecule has 2 bridgehead atoms. The number of nitriles is 1. The van der Waals surface area contributed by atoms with E-state index < -0.39 is 0 Å². The van der Waals surface area contributed by atoms with E-state index in [2.05, 4.69) is 33.0 Å². The quantitative estimate of drug-likeness (QED) is 0.806. The van der Waals surface area contributed by atoms with Crippen LogP contribution < -0.4 is 14.4 Å². The van der Waals surface area contributed by atoms with Crippen molar-refractivity contribution >= 4 is 5.82 Å². The van der Waals surface area contributed by atoms with E-state index in [0.717, 1.165) is 23.9 Å². The number of aromatic nitrogens is 1. The molecule has 0 unspecified atom stereocenters. The Hall–Kier alpha value is -2.78. The van der Waals surface area contributed by atoms with Gasteiger partial charge in [-0.25, -0.2) is 4.98 Å². The Balaban J connectivity index is 1.42. The van der Waals surface area contributed by atoms with Gasteiger partial charge in [0.1, 0.15) is 5.82 Å². The molecule has 7 rings (SSSR count). The first kappa shape index (κ1) is 16.2. The van der Waals surface area contributed by atoms with Gasteiger partial charge in [0.15, 0.2) is 11.5 Å². The van der Waals surface area contributed by atoms with Crippen LogP contribution in [-0.4, -0.2) is 48.4 Å². The van der Waals surface area contributed by atoms with Crippen molar-refractivity contribution in [3.63, 3.8) is 0 Å². The summed E-state index contributed by atoms with van der Waals surface area (Å²) in [5.74, 6) is 3.72. The molecule has 6 nitrogen and oxygen atoms in total. The molecule has 6 heterocycles. The number of rotatable bonds is 2. The molecule has 28 heavy (non-hydrogen) atoms. The molecule has 6 heteroatoms. The van der Waals surface area contributed by atoms with Crippen molar-refractivity contribution in [1.82, 2.24) is 9.88 Å². The SMILES string of the molecule is N#Cc1ccnc(N2C[C@H](c3ccc4c(c3)OCO4)[C@H]3[C@@H]2C2CCN3CC2)c1. The largest absolute Gasteiger partial charge is 0.454 e. The van der Waals surface area contributed by atoms with Crippen molar-refractivity contribution in [1.29, 1.82) is 5.26 Å². The smallest absolute Gasteiger partial charge is 0.231 e. The summed E-state index contributed by atoms with van der Waals surface area (Å²) >= 11 is 0. The van der Waals surface area contributed by atoms with Crippen molar-refractivity contribution in [3.05, 3.63) is 47.7 Å². The van der Waals surface area contributed by atoms with Gasteiger partial charge in [0.25, 0.3) is 0 Å². The summed E-state index contributed by atoms with van der Waals surface area (Å²) in [6.45, 7) is 3.60. The zero-order valence-electron chi connectivity index (χ0n) is 15.6. The van der Waals surface area contributed by atoms with Gasteiger partial charge in [-0.15, -0.1) is 0 Å². The number of benzene rings is 1. The first-order chi connectivity index (χ1) is 13.8. The minimum Gasteiger partial charge on any atom is -0.454 e. The highest BCUT2D eigenvalue weighted by atomic mass is 16.7. The zero-order chi connectivity index (χ0) is 18.7. The van der Waals surface area contributed by atoms with Crippen LogP contribution >= 0.6 is 0 Å². The van der Waals surface area contributed by atoms with Crippen LogP contribution in [0.1, 0.15) is 29.9 Å². The number of pyridine rings is 1. The Morgan fingerprint density at radius 2 is 1.89 bits per heavy atom. The first-order valence-electron chi connectivity index (χ1n) is 10.1. The lowest BCUT2D eigenvalue weighted by atomic mass is 9.75. The molecule has 3 atom stereocenters. The Labute approximate surface area is 164 Å². The maximum Gasteiger partial charge on any atom is 0.231 e. The Morgan fingerprint density at radius 3 is 2.75 bits per heavy atom. The maximum absolute atomic E-state index is 9.33. The number of ether oxygens (including phenoxy) is 2. The number of piperidine rings is 3. The van der Waals surface area contributed by atoms with E-state index in [-0.39, 0.29) is 0 Å². The van der Waals surface area contributed by atoms with Crippen molar-refractivity contribution in [2.45, 2.75) is 30.8 Å². The molecule has 0 spiro atoms. The summed E-state index contributed by atoms with van der Waals surface area (Å²) in [5.41, 5.74) is 1.99. The lowest BCUT2D eigenvalue weighted by molar-refractivity contribution is 0.0354. The van der Waals surface area contributed by atoms with Gasteiger partial charge >= 0.3 is 0 Å². The normalized spacial score (nSPS) is 32.2. The molecule has 4 saturated heterocycles. The molecule has 0 saturated carbocycles. The van der Waals surface area contributed by atoms with Crippen LogP contribution in [0.25, 0.3) is 0 Å². The second-order valence-corrected chi connectivity index (χ2v) is 8.24. The molecule has 2 aromatic rings. The van der Waals surface area contributed by atoms with Gasteiger partial charge in [-0.05, 0) is 61.7 Å². The highest BCUT2D eigenvalue weighted by molar-refractivity contribution is 5.52. The fourth-order valence-electron chi connectivity index (χ4n) is 5.76. The molecular weight excluding hydrogens is 352 g/mol. The minimum atomic E-state index is 0.306. The molecule has 1 aromatic carbocycles. The molecule has 5 aliphatic rings. The molecule has 1 aromatic heterocycles. The summed E-state index contributed by atoms with van der Waals surface area (Å²) in [5, 5.41) is 9.33. The third-order valence-electron chi connectivity index (χ3n) is 6.99. The van der Waals surface area contributed by atoms with Crippen LogP contribution in [-0.2, 0) is 0 Å². The third kappa shape index (κ3) is 2.33. The standard InChI is InChI=1S/C22H22N4O2/c23-11-14-3-6-24-20(9-14)26-12-17(16-1-2-18-19(10-16)28-13-27-18)22-21(26)15-4-7-25(22)8-5-15/h1-3,6,9-10,15,17,21-22H,4-5,7-8,12-13H2/t17-,21+,22+/m1/s1. The fraction of sp³-hybridized carbons (Fsp3) is 0.455. The van der Waals surface area contributed by atoms with Crippen LogP contribution in [0, 0.1) is 17.2 Å². The molecule has 4 fully saturated rings. The van der Waals surface area contributed by atoms with Gasteiger partial charge in [0, 0.05) is 30.7 Å². The average Bonchev–Trinajstić information content (AvgIpc) is 3.40. The maximum atomic E-state index is 9.33. The van der Waals surface area contributed by atoms with E-state index >= 15 is 0 Å². The highest BCUT2D eigenvalue weighted by Gasteiger charge is 2.53. The predicted octanol–water partition coefficient (Wildman–Crippen LogP) is 2.75. The Bertz CT molecular complexity index is 963. The Kier molecular flexibility index (Phi) is 3.54. The lowest BCUT2D eigenvalue weighted by Gasteiger charge is -2.51. The number of fused-ring (bicyclic) bond motifs is 3. The van der Waals surface area contributed by atoms with E-state index in [1.54, 1.807) is 12.3 Å². The zero-order valence-corrected chi connectivity index (χ0v) is 15.6. The van der Waals surface area contributed by atoms with Crippen molar-refractivity contribution < 1.29 is 9.47 Å². The summed E-state index contributed by atoms with van der Waals surface area (Å²) < 4.78 is 11.1. The molecule has 0 aliphatic carbocycles. The molecule has 142 valence electrons. The van der Waals surface area contributed by atoms with Crippen LogP contribution in [0.15, 0.2) is 36.5 Å².